The second-order valence-corrected chi connectivity index (χ2v) is 8.47. The van der Waals surface area contributed by atoms with E-state index < -0.39 is 0 Å². The molecule has 7 nitrogen and oxygen atoms in total. The molecule has 0 spiro atoms. The molecule has 0 aliphatic carbocycles. The molecule has 3 aromatic rings. The molecule has 8 heteroatoms. The van der Waals surface area contributed by atoms with Gasteiger partial charge in [0.05, 0.1) is 33.9 Å². The van der Waals surface area contributed by atoms with Crippen molar-refractivity contribution in [2.45, 2.75) is 44.3 Å². The van der Waals surface area contributed by atoms with Gasteiger partial charge in [0.25, 0.3) is 5.91 Å². The molecule has 2 aromatic heterocycles. The molecule has 1 amide bonds. The van der Waals surface area contributed by atoms with Crippen LogP contribution in [0.3, 0.4) is 0 Å². The van der Waals surface area contributed by atoms with Crippen LogP contribution in [0.15, 0.2) is 51.9 Å². The van der Waals surface area contributed by atoms with Gasteiger partial charge < -0.3 is 14.6 Å². The van der Waals surface area contributed by atoms with E-state index in [4.69, 9.17) is 4.42 Å². The van der Waals surface area contributed by atoms with Crippen LogP contribution < -0.4 is 5.32 Å². The molecule has 0 unspecified atom stereocenters. The predicted octanol–water partition coefficient (Wildman–Crippen LogP) is 4.06. The summed E-state index contributed by atoms with van der Waals surface area (Å²) in [4.78, 5) is 28.6. The van der Waals surface area contributed by atoms with E-state index in [0.29, 0.717) is 17.4 Å². The number of benzene rings is 1. The van der Waals surface area contributed by atoms with Gasteiger partial charge in [-0.2, -0.15) is 0 Å². The lowest BCUT2D eigenvalue weighted by Gasteiger charge is -2.26. The number of amides is 1. The molecule has 2 bridgehead atoms. The first-order valence-corrected chi connectivity index (χ1v) is 10.5. The number of oxazole rings is 1. The van der Waals surface area contributed by atoms with Crippen molar-refractivity contribution in [3.8, 4) is 11.5 Å². The molecular formula is C21H20BrN5O2. The van der Waals surface area contributed by atoms with Crippen molar-refractivity contribution in [3.63, 3.8) is 0 Å². The fourth-order valence-electron chi connectivity index (χ4n) is 4.63. The quantitative estimate of drug-likeness (QED) is 0.640. The fourth-order valence-corrected chi connectivity index (χ4v) is 4.83. The topological polar surface area (TPSA) is 84.2 Å². The Morgan fingerprint density at radius 2 is 2.07 bits per heavy atom. The third-order valence-electron chi connectivity index (χ3n) is 5.86. The molecule has 0 saturated carbocycles. The van der Waals surface area contributed by atoms with Gasteiger partial charge in [0.15, 0.2) is 0 Å². The first-order valence-electron chi connectivity index (χ1n) is 9.68. The van der Waals surface area contributed by atoms with Crippen molar-refractivity contribution in [3.05, 3.63) is 58.7 Å². The summed E-state index contributed by atoms with van der Waals surface area (Å²) in [7, 11) is 0. The van der Waals surface area contributed by atoms with Crippen molar-refractivity contribution < 1.29 is 9.21 Å². The number of aryl methyl sites for hydroxylation is 1. The number of fused-ring (bicyclic) bond motifs is 2. The van der Waals surface area contributed by atoms with Gasteiger partial charge in [-0.05, 0) is 53.7 Å². The smallest absolute Gasteiger partial charge is 0.255 e. The molecular weight excluding hydrogens is 434 g/mol. The van der Waals surface area contributed by atoms with E-state index in [1.165, 1.54) is 6.26 Å². The molecule has 148 valence electrons. The second-order valence-electron chi connectivity index (χ2n) is 7.56. The zero-order chi connectivity index (χ0) is 20.0. The molecule has 4 heterocycles. The van der Waals surface area contributed by atoms with E-state index >= 15 is 0 Å². The highest BCUT2D eigenvalue weighted by Gasteiger charge is 2.49. The molecule has 2 saturated heterocycles. The van der Waals surface area contributed by atoms with Crippen LogP contribution >= 0.6 is 15.9 Å². The van der Waals surface area contributed by atoms with Crippen molar-refractivity contribution in [1.82, 2.24) is 19.9 Å². The third kappa shape index (κ3) is 3.21. The number of carbonyl (C=O) groups is 1. The molecule has 2 aliphatic heterocycles. The number of nitrogens with one attached hydrogen (secondary N) is 1. The Bertz CT molecular complexity index is 1040. The monoisotopic (exact) mass is 453 g/mol. The van der Waals surface area contributed by atoms with Crippen molar-refractivity contribution >= 4 is 27.8 Å². The van der Waals surface area contributed by atoms with Gasteiger partial charge in [-0.3, -0.25) is 4.79 Å². The van der Waals surface area contributed by atoms with E-state index in [1.807, 2.05) is 30.0 Å². The third-order valence-corrected chi connectivity index (χ3v) is 6.27. The van der Waals surface area contributed by atoms with Crippen LogP contribution in [-0.2, 0) is 0 Å². The van der Waals surface area contributed by atoms with Crippen LogP contribution in [0.2, 0.25) is 0 Å². The fraction of sp³-hybridized carbons (Fsp3) is 0.333. The summed E-state index contributed by atoms with van der Waals surface area (Å²) in [6.45, 7) is 1.98. The van der Waals surface area contributed by atoms with Gasteiger partial charge in [0.2, 0.25) is 11.8 Å². The Balaban J connectivity index is 1.43. The SMILES string of the molecule is Cc1cccc(C(=O)N2[C@@H]3CC[C@H]2[C@H](Nc2ncc(Br)cn2)C3)c1-c1ncco1. The molecule has 29 heavy (non-hydrogen) atoms. The molecule has 3 atom stereocenters. The maximum absolute atomic E-state index is 13.6. The number of anilines is 1. The minimum Gasteiger partial charge on any atom is -0.444 e. The summed E-state index contributed by atoms with van der Waals surface area (Å²) >= 11 is 3.36. The van der Waals surface area contributed by atoms with Crippen LogP contribution in [0.5, 0.6) is 0 Å². The van der Waals surface area contributed by atoms with Gasteiger partial charge in [-0.1, -0.05) is 12.1 Å². The van der Waals surface area contributed by atoms with E-state index in [0.717, 1.165) is 34.9 Å². The standard InChI is InChI=1S/C21H20BrN5O2/c1-12-3-2-4-15(18(12)19-23-7-8-29-19)20(28)27-14-5-6-17(27)16(9-14)26-21-24-10-13(22)11-25-21/h2-4,7-8,10-11,14,16-17H,5-6,9H2,1H3,(H,24,25,26)/t14-,16-,17+/m1/s1. The van der Waals surface area contributed by atoms with Crippen molar-refractivity contribution in [2.24, 2.45) is 0 Å². The zero-order valence-electron chi connectivity index (χ0n) is 15.9. The Hall–Kier alpha value is -2.74. The van der Waals surface area contributed by atoms with Gasteiger partial charge in [-0.25, -0.2) is 15.0 Å². The summed E-state index contributed by atoms with van der Waals surface area (Å²) in [5, 5.41) is 3.42. The van der Waals surface area contributed by atoms with Crippen LogP contribution in [0.25, 0.3) is 11.5 Å². The number of carbonyl (C=O) groups excluding carboxylic acids is 1. The maximum atomic E-state index is 13.6. The highest BCUT2D eigenvalue weighted by atomic mass is 79.9. The number of hydrogen-bond donors (Lipinski definition) is 1. The van der Waals surface area contributed by atoms with Gasteiger partial charge in [0.1, 0.15) is 6.26 Å². The zero-order valence-corrected chi connectivity index (χ0v) is 17.5. The minimum atomic E-state index is 0.0374. The summed E-state index contributed by atoms with van der Waals surface area (Å²) < 4.78 is 6.36. The molecule has 0 radical (unpaired) electrons. The average molecular weight is 454 g/mol. The number of halogens is 1. The van der Waals surface area contributed by atoms with Gasteiger partial charge in [0, 0.05) is 18.4 Å². The van der Waals surface area contributed by atoms with Crippen molar-refractivity contribution in [2.75, 3.05) is 5.32 Å². The highest BCUT2D eigenvalue weighted by Crippen LogP contribution is 2.41. The molecule has 1 aromatic carbocycles. The van der Waals surface area contributed by atoms with Crippen LogP contribution in [0.4, 0.5) is 5.95 Å². The molecule has 5 rings (SSSR count). The normalized spacial score (nSPS) is 22.8. The number of hydrogen-bond acceptors (Lipinski definition) is 6. The Morgan fingerprint density at radius 3 is 2.83 bits per heavy atom. The van der Waals surface area contributed by atoms with E-state index in [9.17, 15) is 4.79 Å². The van der Waals surface area contributed by atoms with Crippen molar-refractivity contribution in [1.29, 1.82) is 0 Å². The van der Waals surface area contributed by atoms with E-state index in [1.54, 1.807) is 18.6 Å². The van der Waals surface area contributed by atoms with E-state index in [-0.39, 0.29) is 24.0 Å². The molecule has 1 N–H and O–H groups in total. The Labute approximate surface area is 176 Å². The number of aromatic nitrogens is 3. The lowest BCUT2D eigenvalue weighted by atomic mass is 9.96. The number of nitrogens with zero attached hydrogens (tertiary/aromatic N) is 4. The van der Waals surface area contributed by atoms with Crippen LogP contribution in [-0.4, -0.2) is 43.9 Å². The largest absolute Gasteiger partial charge is 0.444 e. The predicted molar refractivity (Wildman–Crippen MR) is 111 cm³/mol. The van der Waals surface area contributed by atoms with Crippen LogP contribution in [0, 0.1) is 6.92 Å². The summed E-state index contributed by atoms with van der Waals surface area (Å²) in [6.07, 6.45) is 9.49. The first kappa shape index (κ1) is 18.3. The van der Waals surface area contributed by atoms with Crippen LogP contribution in [0.1, 0.15) is 35.2 Å². The summed E-state index contributed by atoms with van der Waals surface area (Å²) in [6, 6.07) is 6.25. The first-order chi connectivity index (χ1) is 14.1. The van der Waals surface area contributed by atoms with Gasteiger partial charge >= 0.3 is 0 Å². The minimum absolute atomic E-state index is 0.0374. The molecule has 2 fully saturated rings. The molecule has 2 aliphatic rings. The maximum Gasteiger partial charge on any atom is 0.255 e. The lowest BCUT2D eigenvalue weighted by molar-refractivity contribution is 0.0728. The van der Waals surface area contributed by atoms with E-state index in [2.05, 4.69) is 36.2 Å². The lowest BCUT2D eigenvalue weighted by Crippen LogP contribution is -2.40. The highest BCUT2D eigenvalue weighted by molar-refractivity contribution is 9.10. The second kappa shape index (κ2) is 7.26. The summed E-state index contributed by atoms with van der Waals surface area (Å²) in [5.74, 6) is 1.11. The van der Waals surface area contributed by atoms with Gasteiger partial charge in [-0.15, -0.1) is 0 Å². The number of rotatable bonds is 4. The average Bonchev–Trinajstić information content (AvgIpc) is 3.45. The Morgan fingerprint density at radius 1 is 1.24 bits per heavy atom. The Kier molecular flexibility index (Phi) is 4.58. The summed E-state index contributed by atoms with van der Waals surface area (Å²) in [5.41, 5.74) is 2.39.